The summed E-state index contributed by atoms with van der Waals surface area (Å²) in [5.74, 6) is -0.628. The first-order valence-corrected chi connectivity index (χ1v) is 13.4. The van der Waals surface area contributed by atoms with Gasteiger partial charge in [-0.15, -0.1) is 0 Å². The summed E-state index contributed by atoms with van der Waals surface area (Å²) >= 11 is 0. The Balaban J connectivity index is 1.63. The van der Waals surface area contributed by atoms with Crippen molar-refractivity contribution in [2.24, 2.45) is 0 Å². The fourth-order valence-electron chi connectivity index (χ4n) is 4.09. The van der Waals surface area contributed by atoms with Crippen molar-refractivity contribution in [2.75, 3.05) is 16.9 Å². The summed E-state index contributed by atoms with van der Waals surface area (Å²) in [6, 6.07) is 19.7. The molecule has 0 saturated carbocycles. The normalized spacial score (nSPS) is 11.2. The topological polar surface area (TPSA) is 118 Å². The lowest BCUT2D eigenvalue weighted by Crippen LogP contribution is -2.16. The molecule has 190 valence electrons. The van der Waals surface area contributed by atoms with Gasteiger partial charge in [-0.05, 0) is 74.9 Å². The number of anilines is 2. The summed E-state index contributed by atoms with van der Waals surface area (Å²) in [7, 11) is -3.34. The predicted molar refractivity (Wildman–Crippen MR) is 144 cm³/mol. The van der Waals surface area contributed by atoms with E-state index in [0.29, 0.717) is 39.4 Å². The molecule has 1 aromatic heterocycles. The average molecular weight is 518 g/mol. The molecule has 0 aliphatic carbocycles. The molecular weight excluding hydrogens is 490 g/mol. The number of sulfone groups is 1. The van der Waals surface area contributed by atoms with Gasteiger partial charge in [-0.2, -0.15) is 0 Å². The molecule has 2 amide bonds. The molecule has 0 bridgehead atoms. The number of nitrogens with one attached hydrogen (secondary N) is 2. The lowest BCUT2D eigenvalue weighted by molar-refractivity contribution is 0.101. The van der Waals surface area contributed by atoms with Crippen LogP contribution in [0.2, 0.25) is 0 Å². The minimum absolute atomic E-state index is 0.0878. The molecule has 0 fully saturated rings. The zero-order valence-electron chi connectivity index (χ0n) is 20.9. The Hall–Kier alpha value is -4.37. The highest BCUT2D eigenvalue weighted by molar-refractivity contribution is 7.90. The van der Waals surface area contributed by atoms with Gasteiger partial charge in [0.25, 0.3) is 11.8 Å². The Morgan fingerprint density at radius 1 is 0.784 bits per heavy atom. The smallest absolute Gasteiger partial charge is 0.257 e. The van der Waals surface area contributed by atoms with Gasteiger partial charge in [0.05, 0.1) is 21.7 Å². The molecule has 1 heterocycles. The zero-order chi connectivity index (χ0) is 26.9. The van der Waals surface area contributed by atoms with Crippen molar-refractivity contribution in [1.29, 1.82) is 0 Å². The van der Waals surface area contributed by atoms with E-state index in [4.69, 9.17) is 0 Å². The summed E-state index contributed by atoms with van der Waals surface area (Å²) in [6.45, 7) is 5.41. The standard InChI is InChI=1S/C28H27N3O5S/c1-17-9-10-21(16-26(17)32)30-27(33)23-7-5-6-8-25(23)31-18(2)15-24(19(31)3)28(34)29-20-11-13-22(14-12-20)37(4,35)36/h5-16,32H,1-4H3,(H,29,34)(H,30,33). The first kappa shape index (κ1) is 25.7. The van der Waals surface area contributed by atoms with Crippen LogP contribution in [0.4, 0.5) is 11.4 Å². The molecule has 4 aromatic rings. The Bertz CT molecular complexity index is 1620. The van der Waals surface area contributed by atoms with Crippen LogP contribution in [0.1, 0.15) is 37.7 Å². The maximum Gasteiger partial charge on any atom is 0.257 e. The summed E-state index contributed by atoms with van der Waals surface area (Å²) in [5, 5.41) is 15.6. The van der Waals surface area contributed by atoms with Crippen molar-refractivity contribution >= 4 is 33.0 Å². The molecule has 9 heteroatoms. The van der Waals surface area contributed by atoms with E-state index in [9.17, 15) is 23.1 Å². The quantitative estimate of drug-likeness (QED) is 0.332. The maximum atomic E-state index is 13.2. The molecule has 0 saturated heterocycles. The summed E-state index contributed by atoms with van der Waals surface area (Å²) in [4.78, 5) is 26.4. The molecule has 8 nitrogen and oxygen atoms in total. The Morgan fingerprint density at radius 3 is 2.03 bits per heavy atom. The number of aryl methyl sites for hydroxylation is 2. The average Bonchev–Trinajstić information content (AvgIpc) is 3.15. The number of hydrogen-bond donors (Lipinski definition) is 3. The third-order valence-corrected chi connectivity index (χ3v) is 7.20. The molecule has 4 rings (SSSR count). The van der Waals surface area contributed by atoms with E-state index >= 15 is 0 Å². The number of aromatic nitrogens is 1. The third-order valence-electron chi connectivity index (χ3n) is 6.07. The van der Waals surface area contributed by atoms with Crippen molar-refractivity contribution in [3.63, 3.8) is 0 Å². The van der Waals surface area contributed by atoms with E-state index in [2.05, 4.69) is 10.6 Å². The molecule has 3 aromatic carbocycles. The lowest BCUT2D eigenvalue weighted by Gasteiger charge is -2.15. The summed E-state index contributed by atoms with van der Waals surface area (Å²) in [6.07, 6.45) is 1.12. The zero-order valence-corrected chi connectivity index (χ0v) is 21.7. The van der Waals surface area contributed by atoms with Gasteiger partial charge in [-0.3, -0.25) is 9.59 Å². The first-order valence-electron chi connectivity index (χ1n) is 11.5. The van der Waals surface area contributed by atoms with Gasteiger partial charge >= 0.3 is 0 Å². The molecule has 3 N–H and O–H groups in total. The number of para-hydroxylation sites is 1. The number of nitrogens with zero attached hydrogens (tertiary/aromatic N) is 1. The Labute approximate surface area is 215 Å². The second-order valence-corrected chi connectivity index (χ2v) is 10.9. The van der Waals surface area contributed by atoms with Crippen LogP contribution in [0.25, 0.3) is 5.69 Å². The highest BCUT2D eigenvalue weighted by Crippen LogP contribution is 2.26. The Kier molecular flexibility index (Phi) is 6.91. The van der Waals surface area contributed by atoms with Gasteiger partial charge < -0.3 is 20.3 Å². The monoisotopic (exact) mass is 517 g/mol. The molecule has 0 spiro atoms. The highest BCUT2D eigenvalue weighted by atomic mass is 32.2. The number of rotatable bonds is 6. The number of aromatic hydroxyl groups is 1. The van der Waals surface area contributed by atoms with Gasteiger partial charge in [0, 0.05) is 35.1 Å². The van der Waals surface area contributed by atoms with Crippen LogP contribution in [0.5, 0.6) is 5.75 Å². The molecule has 0 radical (unpaired) electrons. The van der Waals surface area contributed by atoms with Crippen LogP contribution < -0.4 is 10.6 Å². The molecule has 0 aliphatic heterocycles. The van der Waals surface area contributed by atoms with Gasteiger partial charge in [-0.1, -0.05) is 18.2 Å². The molecular formula is C28H27N3O5S. The minimum atomic E-state index is -3.34. The second-order valence-electron chi connectivity index (χ2n) is 8.84. The van der Waals surface area contributed by atoms with Crippen LogP contribution in [0.15, 0.2) is 77.7 Å². The first-order chi connectivity index (χ1) is 17.5. The van der Waals surface area contributed by atoms with Crippen LogP contribution in [-0.2, 0) is 9.84 Å². The predicted octanol–water partition coefficient (Wildman–Crippen LogP) is 5.02. The number of benzene rings is 3. The van der Waals surface area contributed by atoms with E-state index < -0.39 is 9.84 Å². The molecule has 0 atom stereocenters. The number of phenolic OH excluding ortho intramolecular Hbond substituents is 1. The van der Waals surface area contributed by atoms with E-state index in [1.54, 1.807) is 50.2 Å². The summed E-state index contributed by atoms with van der Waals surface area (Å²) in [5.41, 5.74) is 4.43. The fourth-order valence-corrected chi connectivity index (χ4v) is 4.72. The van der Waals surface area contributed by atoms with Crippen LogP contribution >= 0.6 is 0 Å². The summed E-state index contributed by atoms with van der Waals surface area (Å²) < 4.78 is 25.2. The largest absolute Gasteiger partial charge is 0.508 e. The van der Waals surface area contributed by atoms with Crippen molar-refractivity contribution in [2.45, 2.75) is 25.7 Å². The van der Waals surface area contributed by atoms with Crippen molar-refractivity contribution in [1.82, 2.24) is 4.57 Å². The highest BCUT2D eigenvalue weighted by Gasteiger charge is 2.21. The number of hydrogen-bond acceptors (Lipinski definition) is 5. The van der Waals surface area contributed by atoms with Crippen molar-refractivity contribution in [3.8, 4) is 11.4 Å². The van der Waals surface area contributed by atoms with Gasteiger partial charge in [0.1, 0.15) is 5.75 Å². The van der Waals surface area contributed by atoms with E-state index in [1.807, 2.05) is 17.6 Å². The van der Waals surface area contributed by atoms with E-state index in [0.717, 1.165) is 11.9 Å². The fraction of sp³-hybridized carbons (Fsp3) is 0.143. The molecule has 0 aliphatic rings. The SMILES string of the molecule is Cc1ccc(NC(=O)c2ccccc2-n2c(C)cc(C(=O)Nc3ccc(S(C)(=O)=O)cc3)c2C)cc1O. The van der Waals surface area contributed by atoms with Crippen LogP contribution in [0.3, 0.4) is 0 Å². The van der Waals surface area contributed by atoms with Gasteiger partial charge in [-0.25, -0.2) is 8.42 Å². The van der Waals surface area contributed by atoms with Gasteiger partial charge in [0.2, 0.25) is 0 Å². The van der Waals surface area contributed by atoms with Crippen LogP contribution in [0, 0.1) is 20.8 Å². The maximum absolute atomic E-state index is 13.2. The van der Waals surface area contributed by atoms with Crippen molar-refractivity contribution < 1.29 is 23.1 Å². The van der Waals surface area contributed by atoms with E-state index in [1.165, 1.54) is 30.3 Å². The third kappa shape index (κ3) is 5.41. The number of amides is 2. The van der Waals surface area contributed by atoms with Crippen molar-refractivity contribution in [3.05, 3.63) is 101 Å². The molecule has 37 heavy (non-hydrogen) atoms. The number of phenols is 1. The second kappa shape index (κ2) is 9.94. The lowest BCUT2D eigenvalue weighted by atomic mass is 10.1. The van der Waals surface area contributed by atoms with Crippen LogP contribution in [-0.4, -0.2) is 36.2 Å². The number of carbonyl (C=O) groups is 2. The Morgan fingerprint density at radius 2 is 1.38 bits per heavy atom. The minimum Gasteiger partial charge on any atom is -0.508 e. The van der Waals surface area contributed by atoms with E-state index in [-0.39, 0.29) is 22.5 Å². The van der Waals surface area contributed by atoms with Gasteiger partial charge in [0.15, 0.2) is 9.84 Å². The molecule has 0 unspecified atom stereocenters. The number of carbonyl (C=O) groups excluding carboxylic acids is 2.